The Morgan fingerprint density at radius 1 is 1.17 bits per heavy atom. The van der Waals surface area contributed by atoms with Gasteiger partial charge in [0.2, 0.25) is 0 Å². The molecular weight excluding hydrogens is 148 g/mol. The zero-order valence-electron chi connectivity index (χ0n) is 9.15. The van der Waals surface area contributed by atoms with Gasteiger partial charge in [0, 0.05) is 12.1 Å². The fourth-order valence-electron chi connectivity index (χ4n) is 1.32. The van der Waals surface area contributed by atoms with Gasteiger partial charge in [0.05, 0.1) is 0 Å². The molecule has 0 fully saturated rings. The Morgan fingerprint density at radius 2 is 1.58 bits per heavy atom. The van der Waals surface area contributed by atoms with Gasteiger partial charge in [0.15, 0.2) is 0 Å². The summed E-state index contributed by atoms with van der Waals surface area (Å²) < 4.78 is 0. The highest BCUT2D eigenvalue weighted by molar-refractivity contribution is 4.88. The monoisotopic (exact) mass is 172 g/mol. The van der Waals surface area contributed by atoms with E-state index >= 15 is 0 Å². The fourth-order valence-corrected chi connectivity index (χ4v) is 1.32. The molecule has 0 aliphatic carbocycles. The van der Waals surface area contributed by atoms with Gasteiger partial charge in [-0.2, -0.15) is 0 Å². The molecule has 74 valence electrons. The molecule has 2 heteroatoms. The first kappa shape index (κ1) is 11.9. The van der Waals surface area contributed by atoms with Gasteiger partial charge in [-0.3, -0.25) is 0 Å². The second kappa shape index (κ2) is 3.75. The summed E-state index contributed by atoms with van der Waals surface area (Å²) in [7, 11) is 0. The summed E-state index contributed by atoms with van der Waals surface area (Å²) in [6.45, 7) is 11.5. The van der Waals surface area contributed by atoms with Crippen LogP contribution in [0.1, 0.15) is 41.0 Å². The number of hydrogen-bond donors (Lipinski definition) is 2. The smallest absolute Gasteiger partial charge is 0.0255 e. The summed E-state index contributed by atoms with van der Waals surface area (Å²) in [5.74, 6) is 0.645. The minimum absolute atomic E-state index is 0.215. The highest BCUT2D eigenvalue weighted by atomic mass is 14.8. The van der Waals surface area contributed by atoms with Crippen molar-refractivity contribution in [3.63, 3.8) is 0 Å². The van der Waals surface area contributed by atoms with Gasteiger partial charge < -0.3 is 11.5 Å². The lowest BCUT2D eigenvalue weighted by atomic mass is 9.72. The highest BCUT2D eigenvalue weighted by Gasteiger charge is 2.30. The van der Waals surface area contributed by atoms with Crippen LogP contribution in [0.4, 0.5) is 0 Å². The Bertz CT molecular complexity index is 137. The molecule has 0 saturated carbocycles. The summed E-state index contributed by atoms with van der Waals surface area (Å²) in [5.41, 5.74) is 11.7. The second-order valence-corrected chi connectivity index (χ2v) is 5.18. The lowest BCUT2D eigenvalue weighted by Gasteiger charge is -2.37. The van der Waals surface area contributed by atoms with Crippen molar-refractivity contribution in [3.05, 3.63) is 0 Å². The van der Waals surface area contributed by atoms with Gasteiger partial charge in [-0.15, -0.1) is 0 Å². The Hall–Kier alpha value is -0.0800. The van der Waals surface area contributed by atoms with Gasteiger partial charge in [0.1, 0.15) is 0 Å². The predicted molar refractivity (Wildman–Crippen MR) is 54.9 cm³/mol. The van der Waals surface area contributed by atoms with E-state index in [1.165, 1.54) is 0 Å². The maximum absolute atomic E-state index is 6.01. The Morgan fingerprint density at radius 3 is 1.83 bits per heavy atom. The first-order chi connectivity index (χ1) is 5.21. The summed E-state index contributed by atoms with van der Waals surface area (Å²) >= 11 is 0. The van der Waals surface area contributed by atoms with E-state index in [0.717, 1.165) is 6.42 Å². The van der Waals surface area contributed by atoms with Crippen molar-refractivity contribution in [1.29, 1.82) is 0 Å². The number of hydrogen-bond acceptors (Lipinski definition) is 2. The lowest BCUT2D eigenvalue weighted by molar-refractivity contribution is 0.178. The van der Waals surface area contributed by atoms with Crippen molar-refractivity contribution < 1.29 is 0 Å². The second-order valence-electron chi connectivity index (χ2n) is 5.18. The summed E-state index contributed by atoms with van der Waals surface area (Å²) in [5, 5.41) is 0. The molecule has 0 aliphatic heterocycles. The number of rotatable bonds is 4. The van der Waals surface area contributed by atoms with Crippen LogP contribution >= 0.6 is 0 Å². The molecular formula is C10H24N2. The molecule has 0 aromatic heterocycles. The first-order valence-electron chi connectivity index (χ1n) is 4.70. The predicted octanol–water partition coefficient (Wildman–Crippen LogP) is 1.73. The molecule has 0 spiro atoms. The van der Waals surface area contributed by atoms with Crippen LogP contribution in [0.3, 0.4) is 0 Å². The zero-order valence-corrected chi connectivity index (χ0v) is 9.15. The van der Waals surface area contributed by atoms with Crippen LogP contribution in [-0.4, -0.2) is 12.1 Å². The maximum Gasteiger partial charge on any atom is 0.0255 e. The Balaban J connectivity index is 4.23. The van der Waals surface area contributed by atoms with Crippen molar-refractivity contribution in [3.8, 4) is 0 Å². The van der Waals surface area contributed by atoms with Crippen LogP contribution in [0.15, 0.2) is 0 Å². The van der Waals surface area contributed by atoms with Gasteiger partial charge in [-0.05, 0) is 24.7 Å². The van der Waals surface area contributed by atoms with Crippen molar-refractivity contribution in [2.75, 3.05) is 6.54 Å². The molecule has 0 radical (unpaired) electrons. The minimum Gasteiger partial charge on any atom is -0.329 e. The van der Waals surface area contributed by atoms with Gasteiger partial charge >= 0.3 is 0 Å². The van der Waals surface area contributed by atoms with Crippen LogP contribution < -0.4 is 11.5 Å². The molecule has 0 aromatic rings. The van der Waals surface area contributed by atoms with Crippen LogP contribution in [0.2, 0.25) is 0 Å². The van der Waals surface area contributed by atoms with E-state index in [-0.39, 0.29) is 11.0 Å². The lowest BCUT2D eigenvalue weighted by Crippen LogP contribution is -2.48. The van der Waals surface area contributed by atoms with Gasteiger partial charge in [-0.25, -0.2) is 0 Å². The molecule has 0 aromatic carbocycles. The minimum atomic E-state index is -0.215. The SMILES string of the molecule is CC(C)C(C)(C)CC(C)(N)CN. The average Bonchev–Trinajstić information content (AvgIpc) is 1.85. The van der Waals surface area contributed by atoms with E-state index in [4.69, 9.17) is 11.5 Å². The summed E-state index contributed by atoms with van der Waals surface area (Å²) in [4.78, 5) is 0. The molecule has 0 amide bonds. The van der Waals surface area contributed by atoms with Crippen LogP contribution in [0.25, 0.3) is 0 Å². The van der Waals surface area contributed by atoms with Crippen LogP contribution in [-0.2, 0) is 0 Å². The van der Waals surface area contributed by atoms with E-state index < -0.39 is 0 Å². The Labute approximate surface area is 76.7 Å². The van der Waals surface area contributed by atoms with Crippen molar-refractivity contribution >= 4 is 0 Å². The quantitative estimate of drug-likeness (QED) is 0.678. The average molecular weight is 172 g/mol. The molecule has 0 heterocycles. The molecule has 0 bridgehead atoms. The van der Waals surface area contributed by atoms with E-state index in [0.29, 0.717) is 12.5 Å². The van der Waals surface area contributed by atoms with Crippen molar-refractivity contribution in [2.45, 2.75) is 46.6 Å². The third-order valence-corrected chi connectivity index (χ3v) is 2.89. The zero-order chi connectivity index (χ0) is 9.99. The standard InChI is InChI=1S/C10H24N2/c1-8(2)9(3,4)6-10(5,12)7-11/h8H,6-7,11-12H2,1-5H3. The largest absolute Gasteiger partial charge is 0.329 e. The molecule has 12 heavy (non-hydrogen) atoms. The van der Waals surface area contributed by atoms with Gasteiger partial charge in [0.25, 0.3) is 0 Å². The van der Waals surface area contributed by atoms with E-state index in [9.17, 15) is 0 Å². The third-order valence-electron chi connectivity index (χ3n) is 2.89. The van der Waals surface area contributed by atoms with Crippen molar-refractivity contribution in [1.82, 2.24) is 0 Å². The first-order valence-corrected chi connectivity index (χ1v) is 4.70. The summed E-state index contributed by atoms with van der Waals surface area (Å²) in [6, 6.07) is 0. The molecule has 0 rings (SSSR count). The summed E-state index contributed by atoms with van der Waals surface area (Å²) in [6.07, 6.45) is 0.980. The van der Waals surface area contributed by atoms with Gasteiger partial charge in [-0.1, -0.05) is 27.7 Å². The molecule has 0 saturated heterocycles. The van der Waals surface area contributed by atoms with E-state index in [1.807, 2.05) is 6.92 Å². The molecule has 1 unspecified atom stereocenters. The fraction of sp³-hybridized carbons (Fsp3) is 1.00. The molecule has 1 atom stereocenters. The molecule has 4 N–H and O–H groups in total. The normalized spacial score (nSPS) is 18.0. The third kappa shape index (κ3) is 3.55. The molecule has 2 nitrogen and oxygen atoms in total. The number of nitrogens with two attached hydrogens (primary N) is 2. The van der Waals surface area contributed by atoms with E-state index in [1.54, 1.807) is 0 Å². The van der Waals surface area contributed by atoms with Crippen LogP contribution in [0, 0.1) is 11.3 Å². The van der Waals surface area contributed by atoms with Crippen LogP contribution in [0.5, 0.6) is 0 Å². The highest BCUT2D eigenvalue weighted by Crippen LogP contribution is 2.33. The topological polar surface area (TPSA) is 52.0 Å². The van der Waals surface area contributed by atoms with E-state index in [2.05, 4.69) is 27.7 Å². The Kier molecular flexibility index (Phi) is 3.73. The van der Waals surface area contributed by atoms with Crippen molar-refractivity contribution in [2.24, 2.45) is 22.8 Å². The molecule has 0 aliphatic rings. The maximum atomic E-state index is 6.01.